The minimum Gasteiger partial charge on any atom is -0.385 e. The number of benzene rings is 1. The maximum atomic E-state index is 12.7. The van der Waals surface area contributed by atoms with Gasteiger partial charge in [0.05, 0.1) is 0 Å². The van der Waals surface area contributed by atoms with Gasteiger partial charge in [0.15, 0.2) is 0 Å². The number of anilines is 1. The van der Waals surface area contributed by atoms with Crippen LogP contribution in [0.1, 0.15) is 29.4 Å². The molecule has 5 nitrogen and oxygen atoms in total. The summed E-state index contributed by atoms with van der Waals surface area (Å²) in [4.78, 5) is 18.8. The van der Waals surface area contributed by atoms with E-state index in [1.165, 1.54) is 0 Å². The SMILES string of the molecule is CCN(Cc1ccccc1)C(=O)c1cc(NCCCOC)ccn1. The third kappa shape index (κ3) is 5.35. The van der Waals surface area contributed by atoms with E-state index < -0.39 is 0 Å². The fraction of sp³-hybridized carbons (Fsp3) is 0.368. The number of aromatic nitrogens is 1. The van der Waals surface area contributed by atoms with Gasteiger partial charge in [0, 0.05) is 45.2 Å². The third-order valence-electron chi connectivity index (χ3n) is 3.72. The lowest BCUT2D eigenvalue weighted by Gasteiger charge is -2.21. The molecule has 0 aliphatic heterocycles. The van der Waals surface area contributed by atoms with E-state index in [1.807, 2.05) is 49.4 Å². The van der Waals surface area contributed by atoms with Crippen LogP contribution in [0.15, 0.2) is 48.7 Å². The van der Waals surface area contributed by atoms with Gasteiger partial charge in [-0.15, -0.1) is 0 Å². The lowest BCUT2D eigenvalue weighted by Crippen LogP contribution is -2.31. The molecule has 0 atom stereocenters. The lowest BCUT2D eigenvalue weighted by atomic mass is 10.2. The highest BCUT2D eigenvalue weighted by Gasteiger charge is 2.16. The Morgan fingerprint density at radius 2 is 2.04 bits per heavy atom. The van der Waals surface area contributed by atoms with Crippen molar-refractivity contribution in [2.75, 3.05) is 32.1 Å². The molecule has 1 aromatic heterocycles. The molecule has 128 valence electrons. The predicted octanol–water partition coefficient (Wildman–Crippen LogP) is 3.19. The van der Waals surface area contributed by atoms with E-state index in [9.17, 15) is 4.79 Å². The van der Waals surface area contributed by atoms with Gasteiger partial charge in [-0.05, 0) is 31.0 Å². The van der Waals surface area contributed by atoms with E-state index in [1.54, 1.807) is 18.2 Å². The zero-order valence-electron chi connectivity index (χ0n) is 14.4. The van der Waals surface area contributed by atoms with Crippen LogP contribution < -0.4 is 5.32 Å². The van der Waals surface area contributed by atoms with E-state index in [-0.39, 0.29) is 5.91 Å². The standard InChI is InChI=1S/C19H25N3O2/c1-3-22(15-16-8-5-4-6-9-16)19(23)18-14-17(10-12-21-18)20-11-7-13-24-2/h4-6,8-10,12,14H,3,7,11,13,15H2,1-2H3,(H,20,21). The third-order valence-corrected chi connectivity index (χ3v) is 3.72. The van der Waals surface area contributed by atoms with E-state index in [0.29, 0.717) is 25.4 Å². The number of carbonyl (C=O) groups excluding carboxylic acids is 1. The molecule has 0 aliphatic rings. The van der Waals surface area contributed by atoms with Crippen molar-refractivity contribution in [2.45, 2.75) is 19.9 Å². The lowest BCUT2D eigenvalue weighted by molar-refractivity contribution is 0.0746. The van der Waals surface area contributed by atoms with Crippen molar-refractivity contribution in [3.8, 4) is 0 Å². The van der Waals surface area contributed by atoms with Crippen LogP contribution >= 0.6 is 0 Å². The average molecular weight is 327 g/mol. The largest absolute Gasteiger partial charge is 0.385 e. The fourth-order valence-electron chi connectivity index (χ4n) is 2.40. The van der Waals surface area contributed by atoms with Crippen molar-refractivity contribution in [1.29, 1.82) is 0 Å². The van der Waals surface area contributed by atoms with Gasteiger partial charge in [0.1, 0.15) is 5.69 Å². The summed E-state index contributed by atoms with van der Waals surface area (Å²) in [6.07, 6.45) is 2.58. The highest BCUT2D eigenvalue weighted by molar-refractivity contribution is 5.93. The summed E-state index contributed by atoms with van der Waals surface area (Å²) in [6, 6.07) is 13.7. The first-order chi connectivity index (χ1) is 11.7. The topological polar surface area (TPSA) is 54.5 Å². The zero-order chi connectivity index (χ0) is 17.2. The van der Waals surface area contributed by atoms with Gasteiger partial charge >= 0.3 is 0 Å². The predicted molar refractivity (Wildman–Crippen MR) is 96.1 cm³/mol. The number of methoxy groups -OCH3 is 1. The first-order valence-electron chi connectivity index (χ1n) is 8.26. The van der Waals surface area contributed by atoms with Crippen LogP contribution in [0.2, 0.25) is 0 Å². The number of hydrogen-bond acceptors (Lipinski definition) is 4. The second kappa shape index (κ2) is 9.67. The molecular weight excluding hydrogens is 302 g/mol. The number of nitrogens with one attached hydrogen (secondary N) is 1. The first-order valence-corrected chi connectivity index (χ1v) is 8.26. The van der Waals surface area contributed by atoms with Crippen molar-refractivity contribution in [1.82, 2.24) is 9.88 Å². The Kier molecular flexibility index (Phi) is 7.23. The van der Waals surface area contributed by atoms with Gasteiger partial charge in [-0.2, -0.15) is 0 Å². The Balaban J connectivity index is 2.01. The smallest absolute Gasteiger partial charge is 0.272 e. The van der Waals surface area contributed by atoms with Gasteiger partial charge in [-0.1, -0.05) is 30.3 Å². The number of pyridine rings is 1. The molecule has 1 amide bonds. The minimum absolute atomic E-state index is 0.0538. The molecule has 5 heteroatoms. The van der Waals surface area contributed by atoms with E-state index >= 15 is 0 Å². The molecule has 0 spiro atoms. The molecule has 0 aliphatic carbocycles. The monoisotopic (exact) mass is 327 g/mol. The molecule has 0 radical (unpaired) electrons. The molecule has 2 aromatic rings. The Bertz CT molecular complexity index is 632. The molecule has 0 bridgehead atoms. The Hall–Kier alpha value is -2.40. The maximum absolute atomic E-state index is 12.7. The highest BCUT2D eigenvalue weighted by Crippen LogP contribution is 2.12. The van der Waals surface area contributed by atoms with Crippen LogP contribution in [0.4, 0.5) is 5.69 Å². The van der Waals surface area contributed by atoms with E-state index in [0.717, 1.165) is 24.2 Å². The molecule has 0 saturated heterocycles. The highest BCUT2D eigenvalue weighted by atomic mass is 16.5. The van der Waals surface area contributed by atoms with Crippen LogP contribution in [0.3, 0.4) is 0 Å². The van der Waals surface area contributed by atoms with Crippen LogP contribution in [0.5, 0.6) is 0 Å². The average Bonchev–Trinajstić information content (AvgIpc) is 2.64. The molecular formula is C19H25N3O2. The summed E-state index contributed by atoms with van der Waals surface area (Å²) in [5, 5.41) is 3.29. The summed E-state index contributed by atoms with van der Waals surface area (Å²) in [7, 11) is 1.69. The molecule has 0 saturated carbocycles. The van der Waals surface area contributed by atoms with Crippen molar-refractivity contribution < 1.29 is 9.53 Å². The molecule has 0 fully saturated rings. The van der Waals surface area contributed by atoms with Crippen molar-refractivity contribution in [2.24, 2.45) is 0 Å². The number of amides is 1. The quantitative estimate of drug-likeness (QED) is 0.719. The van der Waals surface area contributed by atoms with E-state index in [4.69, 9.17) is 4.74 Å². The summed E-state index contributed by atoms with van der Waals surface area (Å²) in [6.45, 7) is 4.72. The Labute approximate surface area is 143 Å². The zero-order valence-corrected chi connectivity index (χ0v) is 14.4. The van der Waals surface area contributed by atoms with Gasteiger partial charge in [-0.25, -0.2) is 0 Å². The number of ether oxygens (including phenoxy) is 1. The molecule has 2 rings (SSSR count). The number of carbonyl (C=O) groups is 1. The van der Waals surface area contributed by atoms with Crippen LogP contribution in [-0.4, -0.2) is 42.6 Å². The molecule has 0 unspecified atom stereocenters. The van der Waals surface area contributed by atoms with Crippen molar-refractivity contribution >= 4 is 11.6 Å². The molecule has 1 N–H and O–H groups in total. The Morgan fingerprint density at radius 1 is 1.25 bits per heavy atom. The number of rotatable bonds is 9. The minimum atomic E-state index is -0.0538. The number of hydrogen-bond donors (Lipinski definition) is 1. The van der Waals surface area contributed by atoms with Crippen LogP contribution in [-0.2, 0) is 11.3 Å². The van der Waals surface area contributed by atoms with Gasteiger partial charge in [0.25, 0.3) is 5.91 Å². The summed E-state index contributed by atoms with van der Waals surface area (Å²) >= 11 is 0. The van der Waals surface area contributed by atoms with E-state index in [2.05, 4.69) is 10.3 Å². The summed E-state index contributed by atoms with van der Waals surface area (Å²) < 4.78 is 5.03. The molecule has 24 heavy (non-hydrogen) atoms. The van der Waals surface area contributed by atoms with Crippen LogP contribution in [0.25, 0.3) is 0 Å². The second-order valence-corrected chi connectivity index (χ2v) is 5.51. The molecule has 1 heterocycles. The van der Waals surface area contributed by atoms with Crippen LogP contribution in [0, 0.1) is 0 Å². The first kappa shape index (κ1) is 17.9. The maximum Gasteiger partial charge on any atom is 0.272 e. The van der Waals surface area contributed by atoms with Gasteiger partial charge < -0.3 is 15.0 Å². The van der Waals surface area contributed by atoms with Gasteiger partial charge in [0.2, 0.25) is 0 Å². The normalized spacial score (nSPS) is 10.4. The second-order valence-electron chi connectivity index (χ2n) is 5.51. The molecule has 1 aromatic carbocycles. The number of nitrogens with zero attached hydrogens (tertiary/aromatic N) is 2. The Morgan fingerprint density at radius 3 is 2.75 bits per heavy atom. The summed E-state index contributed by atoms with van der Waals surface area (Å²) in [5.41, 5.74) is 2.48. The fourth-order valence-corrected chi connectivity index (χ4v) is 2.40. The van der Waals surface area contributed by atoms with Crippen molar-refractivity contribution in [3.05, 3.63) is 59.9 Å². The van der Waals surface area contributed by atoms with Gasteiger partial charge in [-0.3, -0.25) is 9.78 Å². The van der Waals surface area contributed by atoms with Crippen molar-refractivity contribution in [3.63, 3.8) is 0 Å². The summed E-state index contributed by atoms with van der Waals surface area (Å²) in [5.74, 6) is -0.0538.